The second-order valence-corrected chi connectivity index (χ2v) is 7.59. The summed E-state index contributed by atoms with van der Waals surface area (Å²) in [6.45, 7) is 6.75. The number of benzene rings is 1. The standard InChI is InChI=1S/C22H26N4O2/c1-3-25-19-5-4-12-23-20(19)26(22(25)28)15-17-10-13-24(14-11-17)21(27)18-8-6-16(2)7-9-18/h4-9,12,17H,3,10-11,13-15H2,1-2H3. The van der Waals surface area contributed by atoms with Crippen molar-refractivity contribution < 1.29 is 4.79 Å². The van der Waals surface area contributed by atoms with Crippen LogP contribution in [0.2, 0.25) is 0 Å². The smallest absolute Gasteiger partial charge is 0.330 e. The molecule has 28 heavy (non-hydrogen) atoms. The van der Waals surface area contributed by atoms with Crippen LogP contribution in [0.15, 0.2) is 47.4 Å². The number of aryl methyl sites for hydroxylation is 2. The molecular formula is C22H26N4O2. The summed E-state index contributed by atoms with van der Waals surface area (Å²) in [4.78, 5) is 31.9. The van der Waals surface area contributed by atoms with Crippen LogP contribution in [0, 0.1) is 12.8 Å². The van der Waals surface area contributed by atoms with Gasteiger partial charge in [0, 0.05) is 37.9 Å². The summed E-state index contributed by atoms with van der Waals surface area (Å²) in [6.07, 6.45) is 3.53. The van der Waals surface area contributed by atoms with Gasteiger partial charge in [-0.2, -0.15) is 0 Å². The molecule has 1 aromatic carbocycles. The average Bonchev–Trinajstić information content (AvgIpc) is 2.99. The van der Waals surface area contributed by atoms with E-state index in [2.05, 4.69) is 4.98 Å². The number of carbonyl (C=O) groups is 1. The summed E-state index contributed by atoms with van der Waals surface area (Å²) in [6, 6.07) is 11.6. The Balaban J connectivity index is 1.46. The Morgan fingerprint density at radius 3 is 2.50 bits per heavy atom. The Labute approximate surface area is 164 Å². The number of hydrogen-bond acceptors (Lipinski definition) is 3. The number of amides is 1. The first-order valence-electron chi connectivity index (χ1n) is 9.98. The molecular weight excluding hydrogens is 352 g/mol. The van der Waals surface area contributed by atoms with Crippen molar-refractivity contribution in [3.63, 3.8) is 0 Å². The van der Waals surface area contributed by atoms with Gasteiger partial charge in [-0.15, -0.1) is 0 Å². The third-order valence-corrected chi connectivity index (χ3v) is 5.73. The summed E-state index contributed by atoms with van der Waals surface area (Å²) in [5.41, 5.74) is 3.56. The molecule has 0 bridgehead atoms. The van der Waals surface area contributed by atoms with Crippen LogP contribution >= 0.6 is 0 Å². The summed E-state index contributed by atoms with van der Waals surface area (Å²) >= 11 is 0. The van der Waals surface area contributed by atoms with E-state index in [4.69, 9.17) is 0 Å². The normalized spacial score (nSPS) is 15.3. The van der Waals surface area contributed by atoms with Crippen LogP contribution in [-0.4, -0.2) is 38.0 Å². The van der Waals surface area contributed by atoms with E-state index in [1.807, 2.05) is 55.1 Å². The molecule has 0 radical (unpaired) electrons. The lowest BCUT2D eigenvalue weighted by molar-refractivity contribution is 0.0683. The van der Waals surface area contributed by atoms with Crippen LogP contribution in [0.5, 0.6) is 0 Å². The highest BCUT2D eigenvalue weighted by atomic mass is 16.2. The van der Waals surface area contributed by atoms with Crippen molar-refractivity contribution in [2.24, 2.45) is 5.92 Å². The number of imidazole rings is 1. The molecule has 146 valence electrons. The summed E-state index contributed by atoms with van der Waals surface area (Å²) in [5, 5.41) is 0. The number of pyridine rings is 1. The van der Waals surface area contributed by atoms with E-state index < -0.39 is 0 Å². The molecule has 6 heteroatoms. The SMILES string of the molecule is CCn1c(=O)n(CC2CCN(C(=O)c3ccc(C)cc3)CC2)c2ncccc21. The van der Waals surface area contributed by atoms with Crippen molar-refractivity contribution in [2.75, 3.05) is 13.1 Å². The molecule has 0 spiro atoms. The van der Waals surface area contributed by atoms with E-state index >= 15 is 0 Å². The monoisotopic (exact) mass is 378 g/mol. The van der Waals surface area contributed by atoms with E-state index in [-0.39, 0.29) is 11.6 Å². The van der Waals surface area contributed by atoms with Gasteiger partial charge >= 0.3 is 5.69 Å². The van der Waals surface area contributed by atoms with E-state index in [1.165, 1.54) is 0 Å². The van der Waals surface area contributed by atoms with Crippen molar-refractivity contribution in [2.45, 2.75) is 39.8 Å². The minimum absolute atomic E-state index is 0.00867. The maximum absolute atomic E-state index is 12.8. The molecule has 3 heterocycles. The van der Waals surface area contributed by atoms with Gasteiger partial charge in [-0.25, -0.2) is 9.78 Å². The van der Waals surface area contributed by atoms with Gasteiger partial charge in [0.15, 0.2) is 5.65 Å². The summed E-state index contributed by atoms with van der Waals surface area (Å²) < 4.78 is 3.58. The molecule has 4 rings (SSSR count). The number of aromatic nitrogens is 3. The first-order valence-corrected chi connectivity index (χ1v) is 9.98. The molecule has 0 N–H and O–H groups in total. The average molecular weight is 378 g/mol. The van der Waals surface area contributed by atoms with Gasteiger partial charge < -0.3 is 4.90 Å². The number of likely N-dealkylation sites (tertiary alicyclic amines) is 1. The fraction of sp³-hybridized carbons (Fsp3) is 0.409. The third-order valence-electron chi connectivity index (χ3n) is 5.73. The van der Waals surface area contributed by atoms with Gasteiger partial charge in [-0.1, -0.05) is 17.7 Å². The Morgan fingerprint density at radius 2 is 1.82 bits per heavy atom. The highest BCUT2D eigenvalue weighted by Gasteiger charge is 2.25. The van der Waals surface area contributed by atoms with Crippen LogP contribution in [0.1, 0.15) is 35.7 Å². The number of piperidine rings is 1. The van der Waals surface area contributed by atoms with Gasteiger partial charge in [0.05, 0.1) is 5.52 Å². The third kappa shape index (κ3) is 3.35. The predicted molar refractivity (Wildman–Crippen MR) is 109 cm³/mol. The first kappa shape index (κ1) is 18.5. The van der Waals surface area contributed by atoms with Gasteiger partial charge in [0.2, 0.25) is 0 Å². The fourth-order valence-corrected chi connectivity index (χ4v) is 4.07. The highest BCUT2D eigenvalue weighted by molar-refractivity contribution is 5.94. The minimum Gasteiger partial charge on any atom is -0.339 e. The molecule has 1 aliphatic rings. The summed E-state index contributed by atoms with van der Waals surface area (Å²) in [5.74, 6) is 0.470. The number of rotatable bonds is 4. The largest absolute Gasteiger partial charge is 0.339 e. The molecule has 1 aliphatic heterocycles. The first-order chi connectivity index (χ1) is 13.6. The maximum Gasteiger partial charge on any atom is 0.330 e. The highest BCUT2D eigenvalue weighted by Crippen LogP contribution is 2.22. The Kier molecular flexibility index (Phi) is 5.03. The lowest BCUT2D eigenvalue weighted by atomic mass is 9.96. The molecule has 1 saturated heterocycles. The molecule has 6 nitrogen and oxygen atoms in total. The molecule has 3 aromatic rings. The molecule has 0 saturated carbocycles. The number of fused-ring (bicyclic) bond motifs is 1. The second-order valence-electron chi connectivity index (χ2n) is 7.59. The molecule has 1 amide bonds. The van der Waals surface area contributed by atoms with E-state index in [1.54, 1.807) is 15.3 Å². The van der Waals surface area contributed by atoms with Gasteiger partial charge in [-0.05, 0) is 56.9 Å². The van der Waals surface area contributed by atoms with Crippen LogP contribution in [-0.2, 0) is 13.1 Å². The zero-order chi connectivity index (χ0) is 19.7. The topological polar surface area (TPSA) is 60.1 Å². The second kappa shape index (κ2) is 7.62. The minimum atomic E-state index is 0.00867. The van der Waals surface area contributed by atoms with Crippen molar-refractivity contribution in [1.29, 1.82) is 0 Å². The van der Waals surface area contributed by atoms with Crippen LogP contribution < -0.4 is 5.69 Å². The summed E-state index contributed by atoms with van der Waals surface area (Å²) in [7, 11) is 0. The van der Waals surface area contributed by atoms with Crippen molar-refractivity contribution in [1.82, 2.24) is 19.0 Å². The Hall–Kier alpha value is -2.89. The quantitative estimate of drug-likeness (QED) is 0.701. The zero-order valence-electron chi connectivity index (χ0n) is 16.5. The van der Waals surface area contributed by atoms with E-state index in [9.17, 15) is 9.59 Å². The zero-order valence-corrected chi connectivity index (χ0v) is 16.5. The number of nitrogens with zero attached hydrogens (tertiary/aromatic N) is 4. The molecule has 1 fully saturated rings. The van der Waals surface area contributed by atoms with Crippen molar-refractivity contribution in [3.05, 3.63) is 64.2 Å². The molecule has 0 aliphatic carbocycles. The molecule has 0 atom stereocenters. The Bertz CT molecular complexity index is 1040. The van der Waals surface area contributed by atoms with Crippen LogP contribution in [0.25, 0.3) is 11.2 Å². The predicted octanol–water partition coefficient (Wildman–Crippen LogP) is 3.08. The lowest BCUT2D eigenvalue weighted by Gasteiger charge is -2.32. The van der Waals surface area contributed by atoms with E-state index in [0.29, 0.717) is 19.0 Å². The number of carbonyl (C=O) groups excluding carboxylic acids is 1. The lowest BCUT2D eigenvalue weighted by Crippen LogP contribution is -2.40. The Morgan fingerprint density at radius 1 is 1.11 bits per heavy atom. The molecule has 2 aromatic heterocycles. The van der Waals surface area contributed by atoms with Crippen LogP contribution in [0.3, 0.4) is 0 Å². The van der Waals surface area contributed by atoms with Crippen LogP contribution in [0.4, 0.5) is 0 Å². The molecule has 0 unspecified atom stereocenters. The van der Waals surface area contributed by atoms with E-state index in [0.717, 1.165) is 48.2 Å². The van der Waals surface area contributed by atoms with Crippen molar-refractivity contribution in [3.8, 4) is 0 Å². The van der Waals surface area contributed by atoms with Crippen molar-refractivity contribution >= 4 is 17.1 Å². The number of hydrogen-bond donors (Lipinski definition) is 0. The maximum atomic E-state index is 12.8. The van der Waals surface area contributed by atoms with Gasteiger partial charge in [-0.3, -0.25) is 13.9 Å². The van der Waals surface area contributed by atoms with Gasteiger partial charge in [0.1, 0.15) is 0 Å². The fourth-order valence-electron chi connectivity index (χ4n) is 4.07. The van der Waals surface area contributed by atoms with Gasteiger partial charge in [0.25, 0.3) is 5.91 Å².